The smallest absolute Gasteiger partial charge is 0.191 e. The quantitative estimate of drug-likeness (QED) is 0.293. The molecule has 0 fully saturated rings. The second kappa shape index (κ2) is 9.63. The molecule has 4 aromatic rings. The third-order valence-electron chi connectivity index (χ3n) is 4.39. The molecule has 9 heteroatoms. The van der Waals surface area contributed by atoms with Crippen LogP contribution in [0.15, 0.2) is 46.2 Å². The van der Waals surface area contributed by atoms with Crippen LogP contribution in [0.2, 0.25) is 0 Å². The molecule has 0 radical (unpaired) electrons. The lowest BCUT2D eigenvalue weighted by Crippen LogP contribution is -1.99. The lowest BCUT2D eigenvalue weighted by molar-refractivity contribution is 0.311. The van der Waals surface area contributed by atoms with Gasteiger partial charge in [-0.25, -0.2) is 4.98 Å². The number of aromatic nitrogens is 4. The van der Waals surface area contributed by atoms with Gasteiger partial charge in [0, 0.05) is 23.2 Å². The summed E-state index contributed by atoms with van der Waals surface area (Å²) >= 11 is 4.97. The van der Waals surface area contributed by atoms with Gasteiger partial charge in [-0.3, -0.25) is 0 Å². The van der Waals surface area contributed by atoms with E-state index in [2.05, 4.69) is 38.5 Å². The second-order valence-electron chi connectivity index (χ2n) is 6.26. The lowest BCUT2D eigenvalue weighted by Gasteiger charge is -2.09. The number of hydrogen-bond donors (Lipinski definition) is 0. The highest BCUT2D eigenvalue weighted by atomic mass is 32.2. The molecule has 6 nitrogen and oxygen atoms in total. The Morgan fingerprint density at radius 3 is 2.73 bits per heavy atom. The molecule has 0 atom stereocenters. The summed E-state index contributed by atoms with van der Waals surface area (Å²) in [5.41, 5.74) is 2.05. The largest absolute Gasteiger partial charge is 0.493 e. The SMILES string of the molecule is CCOc1ccc(-c2nc(CSc3nnc(-c4cccs4)n3CC)cs2)cc1OC. The van der Waals surface area contributed by atoms with Crippen molar-refractivity contribution in [2.45, 2.75) is 31.3 Å². The number of thiazole rings is 1. The van der Waals surface area contributed by atoms with E-state index in [1.54, 1.807) is 41.5 Å². The maximum Gasteiger partial charge on any atom is 0.191 e. The van der Waals surface area contributed by atoms with E-state index >= 15 is 0 Å². The van der Waals surface area contributed by atoms with Gasteiger partial charge in [-0.05, 0) is 43.5 Å². The summed E-state index contributed by atoms with van der Waals surface area (Å²) in [7, 11) is 1.65. The first-order valence-electron chi connectivity index (χ1n) is 9.59. The van der Waals surface area contributed by atoms with Gasteiger partial charge in [-0.2, -0.15) is 0 Å². The Bertz CT molecular complexity index is 1110. The molecule has 0 bridgehead atoms. The van der Waals surface area contributed by atoms with Crippen LogP contribution in [0.1, 0.15) is 19.5 Å². The number of thioether (sulfide) groups is 1. The van der Waals surface area contributed by atoms with Crippen LogP contribution in [0.3, 0.4) is 0 Å². The normalized spacial score (nSPS) is 11.0. The van der Waals surface area contributed by atoms with Crippen molar-refractivity contribution < 1.29 is 9.47 Å². The monoisotopic (exact) mass is 458 g/mol. The molecule has 0 aliphatic rings. The zero-order valence-electron chi connectivity index (χ0n) is 17.0. The predicted octanol–water partition coefficient (Wildman–Crippen LogP) is 5.85. The van der Waals surface area contributed by atoms with E-state index in [0.717, 1.165) is 55.9 Å². The molecule has 0 spiro atoms. The summed E-state index contributed by atoms with van der Waals surface area (Å²) in [6.45, 7) is 5.51. The van der Waals surface area contributed by atoms with Gasteiger partial charge in [-0.15, -0.1) is 32.9 Å². The predicted molar refractivity (Wildman–Crippen MR) is 124 cm³/mol. The van der Waals surface area contributed by atoms with Crippen molar-refractivity contribution in [3.63, 3.8) is 0 Å². The summed E-state index contributed by atoms with van der Waals surface area (Å²) in [6, 6.07) is 10.0. The van der Waals surface area contributed by atoms with E-state index in [1.165, 1.54) is 0 Å². The Kier molecular flexibility index (Phi) is 6.71. The number of hydrogen-bond acceptors (Lipinski definition) is 8. The third-order valence-corrected chi connectivity index (χ3v) is 7.19. The number of rotatable bonds is 9. The highest BCUT2D eigenvalue weighted by Crippen LogP contribution is 2.35. The molecule has 0 saturated heterocycles. The van der Waals surface area contributed by atoms with Crippen LogP contribution >= 0.6 is 34.4 Å². The van der Waals surface area contributed by atoms with Crippen molar-refractivity contribution in [3.8, 4) is 32.8 Å². The molecule has 3 heterocycles. The molecule has 0 saturated carbocycles. The van der Waals surface area contributed by atoms with Crippen LogP contribution in [0.5, 0.6) is 11.5 Å². The maximum atomic E-state index is 5.60. The number of ether oxygens (including phenoxy) is 2. The molecule has 156 valence electrons. The molecule has 0 N–H and O–H groups in total. The van der Waals surface area contributed by atoms with Crippen molar-refractivity contribution in [1.82, 2.24) is 19.7 Å². The van der Waals surface area contributed by atoms with Crippen LogP contribution < -0.4 is 9.47 Å². The molecule has 0 aliphatic carbocycles. The summed E-state index contributed by atoms with van der Waals surface area (Å²) in [5, 5.41) is 14.8. The zero-order chi connectivity index (χ0) is 20.9. The van der Waals surface area contributed by atoms with Crippen molar-refractivity contribution >= 4 is 34.4 Å². The van der Waals surface area contributed by atoms with Crippen LogP contribution in [-0.2, 0) is 12.3 Å². The van der Waals surface area contributed by atoms with Crippen molar-refractivity contribution in [1.29, 1.82) is 0 Å². The molecule has 1 aromatic carbocycles. The van der Waals surface area contributed by atoms with Crippen molar-refractivity contribution in [2.75, 3.05) is 13.7 Å². The molecular weight excluding hydrogens is 436 g/mol. The van der Waals surface area contributed by atoms with E-state index in [1.807, 2.05) is 31.2 Å². The van der Waals surface area contributed by atoms with E-state index in [4.69, 9.17) is 14.5 Å². The van der Waals surface area contributed by atoms with Gasteiger partial charge in [-0.1, -0.05) is 17.8 Å². The van der Waals surface area contributed by atoms with Gasteiger partial charge in [0.15, 0.2) is 22.5 Å². The van der Waals surface area contributed by atoms with Crippen LogP contribution in [0, 0.1) is 0 Å². The minimum Gasteiger partial charge on any atom is -0.493 e. The highest BCUT2D eigenvalue weighted by Gasteiger charge is 2.15. The molecule has 0 aliphatic heterocycles. The zero-order valence-corrected chi connectivity index (χ0v) is 19.4. The van der Waals surface area contributed by atoms with Crippen LogP contribution in [0.25, 0.3) is 21.3 Å². The molecule has 30 heavy (non-hydrogen) atoms. The van der Waals surface area contributed by atoms with Crippen molar-refractivity contribution in [2.24, 2.45) is 0 Å². The Labute approximate surface area is 187 Å². The third kappa shape index (κ3) is 4.38. The van der Waals surface area contributed by atoms with Gasteiger partial charge in [0.05, 0.1) is 24.3 Å². The average Bonchev–Trinajstić information content (AvgIpc) is 3.52. The van der Waals surface area contributed by atoms with Crippen molar-refractivity contribution in [3.05, 3.63) is 46.8 Å². The highest BCUT2D eigenvalue weighted by molar-refractivity contribution is 7.98. The summed E-state index contributed by atoms with van der Waals surface area (Å²) in [4.78, 5) is 5.94. The fourth-order valence-corrected chi connectivity index (χ4v) is 5.52. The lowest BCUT2D eigenvalue weighted by atomic mass is 10.2. The van der Waals surface area contributed by atoms with Gasteiger partial charge < -0.3 is 14.0 Å². The molecule has 4 rings (SSSR count). The van der Waals surface area contributed by atoms with Crippen LogP contribution in [-0.4, -0.2) is 33.5 Å². The summed E-state index contributed by atoms with van der Waals surface area (Å²) < 4.78 is 13.2. The van der Waals surface area contributed by atoms with Crippen LogP contribution in [0.4, 0.5) is 0 Å². The number of thiophene rings is 1. The van der Waals surface area contributed by atoms with Gasteiger partial charge in [0.1, 0.15) is 5.01 Å². The minimum atomic E-state index is 0.602. The Morgan fingerprint density at radius 2 is 2.00 bits per heavy atom. The fraction of sp³-hybridized carbons (Fsp3) is 0.286. The second-order valence-corrected chi connectivity index (χ2v) is 9.01. The number of methoxy groups -OCH3 is 1. The Morgan fingerprint density at radius 1 is 1.10 bits per heavy atom. The van der Waals surface area contributed by atoms with E-state index in [9.17, 15) is 0 Å². The van der Waals surface area contributed by atoms with Gasteiger partial charge in [0.25, 0.3) is 0 Å². The minimum absolute atomic E-state index is 0.602. The van der Waals surface area contributed by atoms with E-state index in [-0.39, 0.29) is 0 Å². The standard InChI is InChI=1S/C21H22N4O2S3/c1-4-25-19(18-7-6-10-28-18)23-24-21(25)30-13-15-12-29-20(22-15)14-8-9-16(27-5-2)17(11-14)26-3/h6-12H,4-5,13H2,1-3H3. The first kappa shape index (κ1) is 20.9. The summed E-state index contributed by atoms with van der Waals surface area (Å²) in [6.07, 6.45) is 0. The Hall–Kier alpha value is -2.36. The fourth-order valence-electron chi connectivity index (χ4n) is 2.99. The van der Waals surface area contributed by atoms with Gasteiger partial charge in [0.2, 0.25) is 0 Å². The number of nitrogens with zero attached hydrogens (tertiary/aromatic N) is 4. The first-order chi connectivity index (χ1) is 14.7. The number of benzene rings is 1. The van der Waals surface area contributed by atoms with E-state index in [0.29, 0.717) is 6.61 Å². The van der Waals surface area contributed by atoms with Gasteiger partial charge >= 0.3 is 0 Å². The summed E-state index contributed by atoms with van der Waals surface area (Å²) in [5.74, 6) is 3.14. The average molecular weight is 459 g/mol. The Balaban J connectivity index is 1.48. The van der Waals surface area contributed by atoms with E-state index < -0.39 is 0 Å². The maximum absolute atomic E-state index is 5.60. The molecule has 3 aromatic heterocycles. The topological polar surface area (TPSA) is 62.1 Å². The molecule has 0 unspecified atom stereocenters. The molecular formula is C21H22N4O2S3. The molecule has 0 amide bonds. The first-order valence-corrected chi connectivity index (χ1v) is 12.3.